The van der Waals surface area contributed by atoms with Crippen molar-refractivity contribution in [2.24, 2.45) is 35.0 Å². The third-order valence-corrected chi connectivity index (χ3v) is 10.2. The van der Waals surface area contributed by atoms with E-state index < -0.39 is 0 Å². The van der Waals surface area contributed by atoms with Crippen molar-refractivity contribution in [2.45, 2.75) is 111 Å². The maximum atomic E-state index is 13.5. The van der Waals surface area contributed by atoms with Crippen LogP contribution in [0.2, 0.25) is 0 Å². The van der Waals surface area contributed by atoms with Crippen LogP contribution in [0.15, 0.2) is 0 Å². The van der Waals surface area contributed by atoms with Crippen molar-refractivity contribution in [2.75, 3.05) is 7.05 Å². The summed E-state index contributed by atoms with van der Waals surface area (Å²) < 4.78 is 0. The molecule has 4 fully saturated rings. The maximum absolute atomic E-state index is 13.5. The summed E-state index contributed by atoms with van der Waals surface area (Å²) in [5.41, 5.74) is 0.337. The number of amides is 2. The van der Waals surface area contributed by atoms with E-state index in [1.165, 1.54) is 19.3 Å². The number of nitrogens with zero attached hydrogens (tertiary/aromatic N) is 2. The number of piperidine rings is 1. The zero-order valence-electron chi connectivity index (χ0n) is 20.4. The van der Waals surface area contributed by atoms with Gasteiger partial charge in [0.15, 0.2) is 0 Å². The minimum Gasteiger partial charge on any atom is -0.340 e. The fraction of sp³-hybridized carbons (Fsp3) is 0.923. The van der Waals surface area contributed by atoms with Crippen LogP contribution in [0.4, 0.5) is 0 Å². The predicted molar refractivity (Wildman–Crippen MR) is 121 cm³/mol. The third kappa shape index (κ3) is 3.14. The smallest absolute Gasteiger partial charge is 0.226 e. The van der Waals surface area contributed by atoms with Crippen molar-refractivity contribution in [3.63, 3.8) is 0 Å². The van der Waals surface area contributed by atoms with Gasteiger partial charge in [-0.25, -0.2) is 0 Å². The van der Waals surface area contributed by atoms with Crippen LogP contribution in [-0.4, -0.2) is 46.3 Å². The number of hydrogen-bond acceptors (Lipinski definition) is 2. The first-order chi connectivity index (χ1) is 14.0. The molecule has 7 atom stereocenters. The van der Waals surface area contributed by atoms with Crippen LogP contribution >= 0.6 is 0 Å². The fourth-order valence-corrected chi connectivity index (χ4v) is 8.68. The molecule has 30 heavy (non-hydrogen) atoms. The molecule has 1 heterocycles. The van der Waals surface area contributed by atoms with Crippen molar-refractivity contribution in [3.05, 3.63) is 0 Å². The van der Waals surface area contributed by atoms with E-state index in [0.717, 1.165) is 43.9 Å². The topological polar surface area (TPSA) is 40.6 Å². The summed E-state index contributed by atoms with van der Waals surface area (Å²) in [6.07, 6.45) is 8.88. The molecule has 0 spiro atoms. The van der Waals surface area contributed by atoms with Gasteiger partial charge < -0.3 is 9.80 Å². The molecule has 3 saturated carbocycles. The lowest BCUT2D eigenvalue weighted by atomic mass is 9.48. The molecule has 2 amide bonds. The van der Waals surface area contributed by atoms with Crippen LogP contribution in [-0.2, 0) is 9.59 Å². The van der Waals surface area contributed by atoms with Gasteiger partial charge in [0, 0.05) is 37.0 Å². The van der Waals surface area contributed by atoms with Gasteiger partial charge in [0.25, 0.3) is 0 Å². The lowest BCUT2D eigenvalue weighted by Crippen LogP contribution is -2.63. The molecule has 1 saturated heterocycles. The van der Waals surface area contributed by atoms with Gasteiger partial charge in [-0.05, 0) is 109 Å². The lowest BCUT2D eigenvalue weighted by molar-refractivity contribution is -0.158. The second kappa shape index (κ2) is 7.52. The zero-order chi connectivity index (χ0) is 22.0. The number of carbonyl (C=O) groups excluding carboxylic acids is 2. The number of fused-ring (bicyclic) bond motifs is 5. The van der Waals surface area contributed by atoms with Crippen molar-refractivity contribution in [3.8, 4) is 0 Å². The normalized spacial score (nSPS) is 43.4. The Morgan fingerprint density at radius 2 is 1.70 bits per heavy atom. The minimum absolute atomic E-state index is 0.0413. The van der Waals surface area contributed by atoms with Gasteiger partial charge in [-0.2, -0.15) is 0 Å². The quantitative estimate of drug-likeness (QED) is 0.641. The molecule has 0 N–H and O–H groups in total. The molecule has 0 aromatic heterocycles. The van der Waals surface area contributed by atoms with Crippen LogP contribution in [0.25, 0.3) is 0 Å². The van der Waals surface area contributed by atoms with Crippen LogP contribution in [0, 0.1) is 35.0 Å². The van der Waals surface area contributed by atoms with E-state index in [0.29, 0.717) is 29.1 Å². The molecule has 0 aromatic rings. The van der Waals surface area contributed by atoms with Gasteiger partial charge in [0.1, 0.15) is 0 Å². The van der Waals surface area contributed by atoms with Crippen LogP contribution in [0.3, 0.4) is 0 Å². The van der Waals surface area contributed by atoms with Crippen LogP contribution in [0.1, 0.15) is 92.9 Å². The SMILES string of the molecule is CC(C)N(C(=O)[C@@H]1C[C@@H]2CCC3C4CCC(=O)N(C)[C@@]4(C)CCC3[C@@]2(C)C1)C(C)C. The van der Waals surface area contributed by atoms with E-state index in [1.807, 2.05) is 7.05 Å². The largest absolute Gasteiger partial charge is 0.340 e. The highest BCUT2D eigenvalue weighted by molar-refractivity contribution is 5.80. The van der Waals surface area contributed by atoms with Gasteiger partial charge in [0.2, 0.25) is 11.8 Å². The van der Waals surface area contributed by atoms with Crippen LogP contribution in [0.5, 0.6) is 0 Å². The van der Waals surface area contributed by atoms with Crippen molar-refractivity contribution in [1.29, 1.82) is 0 Å². The first kappa shape index (κ1) is 22.1. The number of carbonyl (C=O) groups is 2. The Bertz CT molecular complexity index is 695. The Morgan fingerprint density at radius 1 is 1.03 bits per heavy atom. The average Bonchev–Trinajstić information content (AvgIpc) is 3.02. The number of likely N-dealkylation sites (tertiary alicyclic amines) is 1. The molecule has 1 aliphatic heterocycles. The number of rotatable bonds is 3. The van der Waals surface area contributed by atoms with Gasteiger partial charge in [-0.1, -0.05) is 6.92 Å². The molecule has 4 heteroatoms. The molecular weight excluding hydrogens is 372 g/mol. The average molecular weight is 417 g/mol. The Balaban J connectivity index is 1.56. The summed E-state index contributed by atoms with van der Waals surface area (Å²) in [4.78, 5) is 30.2. The standard InChI is InChI=1S/C26H44N2O2/c1-16(2)28(17(3)4)24(30)18-14-19-8-9-20-21(25(19,5)15-18)12-13-26(6)22(20)10-11-23(29)27(26)7/h16-22H,8-15H2,1-7H3/t18-,19+,20?,21?,22?,25+,26+/m1/s1. The molecule has 0 radical (unpaired) electrons. The highest BCUT2D eigenvalue weighted by atomic mass is 16.2. The Hall–Kier alpha value is -1.06. The Labute approximate surface area is 184 Å². The summed E-state index contributed by atoms with van der Waals surface area (Å²) >= 11 is 0. The molecular formula is C26H44N2O2. The van der Waals surface area contributed by atoms with Crippen LogP contribution < -0.4 is 0 Å². The van der Waals surface area contributed by atoms with Crippen molar-refractivity contribution in [1.82, 2.24) is 9.80 Å². The van der Waals surface area contributed by atoms with E-state index >= 15 is 0 Å². The summed E-state index contributed by atoms with van der Waals surface area (Å²) in [5.74, 6) is 3.71. The maximum Gasteiger partial charge on any atom is 0.226 e. The highest BCUT2D eigenvalue weighted by Gasteiger charge is 2.61. The fourth-order valence-electron chi connectivity index (χ4n) is 8.68. The summed E-state index contributed by atoms with van der Waals surface area (Å²) in [6.45, 7) is 13.5. The second-order valence-electron chi connectivity index (χ2n) is 12.1. The Morgan fingerprint density at radius 3 is 2.33 bits per heavy atom. The lowest BCUT2D eigenvalue weighted by Gasteiger charge is -2.61. The molecule has 0 bridgehead atoms. The third-order valence-electron chi connectivity index (χ3n) is 10.2. The van der Waals surface area contributed by atoms with Crippen molar-refractivity contribution < 1.29 is 9.59 Å². The van der Waals surface area contributed by atoms with Gasteiger partial charge >= 0.3 is 0 Å². The van der Waals surface area contributed by atoms with E-state index in [4.69, 9.17) is 0 Å². The first-order valence-corrected chi connectivity index (χ1v) is 12.6. The second-order valence-corrected chi connectivity index (χ2v) is 12.1. The summed E-state index contributed by atoms with van der Waals surface area (Å²) in [7, 11) is 2.04. The highest BCUT2D eigenvalue weighted by Crippen LogP contribution is 2.65. The monoisotopic (exact) mass is 416 g/mol. The Kier molecular flexibility index (Phi) is 5.55. The van der Waals surface area contributed by atoms with E-state index in [-0.39, 0.29) is 23.5 Å². The van der Waals surface area contributed by atoms with Gasteiger partial charge in [0.05, 0.1) is 0 Å². The number of hydrogen-bond donors (Lipinski definition) is 0. The summed E-state index contributed by atoms with van der Waals surface area (Å²) in [5, 5.41) is 0. The molecule has 3 aliphatic carbocycles. The van der Waals surface area contributed by atoms with Crippen molar-refractivity contribution >= 4 is 11.8 Å². The minimum atomic E-state index is 0.0413. The molecule has 170 valence electrons. The predicted octanol–water partition coefficient (Wildman–Crippen LogP) is 5.11. The molecule has 4 aliphatic rings. The van der Waals surface area contributed by atoms with E-state index in [1.54, 1.807) is 0 Å². The van der Waals surface area contributed by atoms with E-state index in [2.05, 4.69) is 51.3 Å². The molecule has 4 rings (SSSR count). The first-order valence-electron chi connectivity index (χ1n) is 12.6. The zero-order valence-corrected chi connectivity index (χ0v) is 20.4. The van der Waals surface area contributed by atoms with Gasteiger partial charge in [-0.3, -0.25) is 9.59 Å². The molecule has 3 unspecified atom stereocenters. The van der Waals surface area contributed by atoms with Gasteiger partial charge in [-0.15, -0.1) is 0 Å². The summed E-state index contributed by atoms with van der Waals surface area (Å²) in [6, 6.07) is 0.540. The molecule has 0 aromatic carbocycles. The van der Waals surface area contributed by atoms with E-state index in [9.17, 15) is 9.59 Å². The molecule has 4 nitrogen and oxygen atoms in total.